The average Bonchev–Trinajstić information content (AvgIpc) is 3.33. The third kappa shape index (κ3) is 4.96. The minimum atomic E-state index is -0.713. The summed E-state index contributed by atoms with van der Waals surface area (Å²) in [6.45, 7) is 0.244. The van der Waals surface area contributed by atoms with Crippen LogP contribution in [0.3, 0.4) is 0 Å². The molecule has 188 valence electrons. The lowest BCUT2D eigenvalue weighted by Gasteiger charge is -2.10. The number of rotatable bonds is 8. The van der Waals surface area contributed by atoms with Crippen molar-refractivity contribution in [3.8, 4) is 28.8 Å². The second-order valence-corrected chi connectivity index (χ2v) is 8.68. The Hall–Kier alpha value is -4.45. The smallest absolute Gasteiger partial charge is 0.349 e. The Kier molecular flexibility index (Phi) is 6.73. The van der Waals surface area contributed by atoms with E-state index in [1.807, 2.05) is 0 Å². The molecule has 0 aliphatic heterocycles. The van der Waals surface area contributed by atoms with E-state index in [9.17, 15) is 9.59 Å². The van der Waals surface area contributed by atoms with E-state index < -0.39 is 11.5 Å². The van der Waals surface area contributed by atoms with Gasteiger partial charge in [0.2, 0.25) is 5.88 Å². The van der Waals surface area contributed by atoms with Crippen LogP contribution in [0.4, 0.5) is 0 Å². The van der Waals surface area contributed by atoms with E-state index in [4.69, 9.17) is 18.6 Å². The van der Waals surface area contributed by atoms with Crippen LogP contribution in [0.5, 0.6) is 17.4 Å². The van der Waals surface area contributed by atoms with Crippen molar-refractivity contribution in [1.29, 1.82) is 0 Å². The molecular weight excluding hydrogens is 546 g/mol. The van der Waals surface area contributed by atoms with Gasteiger partial charge in [-0.1, -0.05) is 15.9 Å². The number of aromatic nitrogens is 4. The van der Waals surface area contributed by atoms with Crippen LogP contribution in [-0.2, 0) is 0 Å². The molecule has 12 heteroatoms. The number of hydrogen-bond donors (Lipinski definition) is 1. The van der Waals surface area contributed by atoms with Gasteiger partial charge in [-0.3, -0.25) is 4.79 Å². The SMILES string of the molecule is COc1ccc(-c2nnc3ccc(OCCNC(=O)c4cc5cc(Br)ccc5oc4=O)nn23)c(OC)c1. The summed E-state index contributed by atoms with van der Waals surface area (Å²) >= 11 is 3.37. The predicted octanol–water partition coefficient (Wildman–Crippen LogP) is 3.49. The number of carbonyl (C=O) groups excluding carboxylic acids is 1. The van der Waals surface area contributed by atoms with Crippen molar-refractivity contribution in [1.82, 2.24) is 25.1 Å². The van der Waals surface area contributed by atoms with Crippen LogP contribution in [-0.4, -0.2) is 53.1 Å². The number of hydrogen-bond acceptors (Lipinski definition) is 9. The van der Waals surface area contributed by atoms with E-state index in [-0.39, 0.29) is 18.7 Å². The maximum Gasteiger partial charge on any atom is 0.349 e. The molecule has 0 fully saturated rings. The highest BCUT2D eigenvalue weighted by Gasteiger charge is 2.16. The first-order valence-electron chi connectivity index (χ1n) is 11.1. The van der Waals surface area contributed by atoms with Crippen molar-refractivity contribution < 1.29 is 23.4 Å². The lowest BCUT2D eigenvalue weighted by atomic mass is 10.2. The molecule has 0 spiro atoms. The zero-order chi connectivity index (χ0) is 25.9. The number of carbonyl (C=O) groups is 1. The molecule has 0 unspecified atom stereocenters. The molecule has 2 aromatic carbocycles. The molecule has 3 aromatic heterocycles. The summed E-state index contributed by atoms with van der Waals surface area (Å²) < 4.78 is 24.0. The predicted molar refractivity (Wildman–Crippen MR) is 137 cm³/mol. The molecule has 3 heterocycles. The minimum Gasteiger partial charge on any atom is -0.497 e. The summed E-state index contributed by atoms with van der Waals surface area (Å²) in [5.41, 5.74) is 0.787. The standard InChI is InChI=1S/C25H20BrN5O6/c1-34-16-4-5-17(20(13-16)35-2)23-29-28-21-7-8-22(30-31(21)23)36-10-9-27-24(32)18-12-14-11-15(26)3-6-19(14)37-25(18)33/h3-8,11-13H,9-10H2,1-2H3,(H,27,32). The van der Waals surface area contributed by atoms with Gasteiger partial charge in [0, 0.05) is 22.0 Å². The fourth-order valence-electron chi connectivity index (χ4n) is 3.67. The Bertz CT molecular complexity index is 1680. The average molecular weight is 566 g/mol. The van der Waals surface area contributed by atoms with Crippen molar-refractivity contribution in [2.24, 2.45) is 0 Å². The Morgan fingerprint density at radius 3 is 2.73 bits per heavy atom. The Labute approximate surface area is 218 Å². The normalized spacial score (nSPS) is 11.0. The zero-order valence-electron chi connectivity index (χ0n) is 19.7. The third-order valence-electron chi connectivity index (χ3n) is 5.46. The third-order valence-corrected chi connectivity index (χ3v) is 5.96. The van der Waals surface area contributed by atoms with E-state index in [1.165, 1.54) is 10.6 Å². The maximum atomic E-state index is 12.6. The number of ether oxygens (including phenoxy) is 3. The number of fused-ring (bicyclic) bond motifs is 2. The topological polar surface area (TPSA) is 130 Å². The van der Waals surface area contributed by atoms with Crippen molar-refractivity contribution >= 4 is 38.5 Å². The molecule has 0 aliphatic rings. The fourth-order valence-corrected chi connectivity index (χ4v) is 4.05. The summed E-state index contributed by atoms with van der Waals surface area (Å²) in [7, 11) is 3.13. The number of benzene rings is 2. The molecule has 0 aliphatic carbocycles. The quantitative estimate of drug-likeness (QED) is 0.222. The molecule has 5 rings (SSSR count). The first kappa shape index (κ1) is 24.3. The number of nitrogens with zero attached hydrogens (tertiary/aromatic N) is 4. The second kappa shape index (κ2) is 10.3. The fraction of sp³-hybridized carbons (Fsp3) is 0.160. The molecule has 0 bridgehead atoms. The first-order valence-corrected chi connectivity index (χ1v) is 11.9. The van der Waals surface area contributed by atoms with Crippen LogP contribution >= 0.6 is 15.9 Å². The molecule has 0 radical (unpaired) electrons. The lowest BCUT2D eigenvalue weighted by Crippen LogP contribution is -2.31. The molecule has 1 amide bonds. The molecule has 37 heavy (non-hydrogen) atoms. The van der Waals surface area contributed by atoms with Gasteiger partial charge in [-0.2, -0.15) is 4.52 Å². The first-order chi connectivity index (χ1) is 18.0. The van der Waals surface area contributed by atoms with Crippen LogP contribution in [0.2, 0.25) is 0 Å². The summed E-state index contributed by atoms with van der Waals surface area (Å²) in [6, 6.07) is 15.4. The van der Waals surface area contributed by atoms with E-state index in [2.05, 4.69) is 36.5 Å². The number of halogens is 1. The molecule has 0 saturated heterocycles. The molecular formula is C25H20BrN5O6. The molecule has 5 aromatic rings. The highest BCUT2D eigenvalue weighted by molar-refractivity contribution is 9.10. The Morgan fingerprint density at radius 1 is 1.05 bits per heavy atom. The molecule has 11 nitrogen and oxygen atoms in total. The maximum absolute atomic E-state index is 12.6. The van der Waals surface area contributed by atoms with Gasteiger partial charge in [-0.15, -0.1) is 15.3 Å². The van der Waals surface area contributed by atoms with E-state index >= 15 is 0 Å². The minimum absolute atomic E-state index is 0.0901. The summed E-state index contributed by atoms with van der Waals surface area (Å²) in [6.07, 6.45) is 0. The van der Waals surface area contributed by atoms with Gasteiger partial charge < -0.3 is 23.9 Å². The highest BCUT2D eigenvalue weighted by Crippen LogP contribution is 2.32. The van der Waals surface area contributed by atoms with Gasteiger partial charge in [0.1, 0.15) is 29.3 Å². The van der Waals surface area contributed by atoms with Crippen LogP contribution < -0.4 is 25.2 Å². The van der Waals surface area contributed by atoms with Crippen LogP contribution in [0, 0.1) is 0 Å². The van der Waals surface area contributed by atoms with Gasteiger partial charge in [0.15, 0.2) is 11.5 Å². The van der Waals surface area contributed by atoms with Crippen molar-refractivity contribution in [2.75, 3.05) is 27.4 Å². The lowest BCUT2D eigenvalue weighted by molar-refractivity contribution is 0.0943. The highest BCUT2D eigenvalue weighted by atomic mass is 79.9. The van der Waals surface area contributed by atoms with Crippen molar-refractivity contribution in [3.05, 3.63) is 75.1 Å². The van der Waals surface area contributed by atoms with Crippen LogP contribution in [0.25, 0.3) is 28.0 Å². The summed E-state index contributed by atoms with van der Waals surface area (Å²) in [5.74, 6) is 1.39. The van der Waals surface area contributed by atoms with Gasteiger partial charge in [-0.25, -0.2) is 4.79 Å². The molecule has 1 N–H and O–H groups in total. The monoisotopic (exact) mass is 565 g/mol. The van der Waals surface area contributed by atoms with E-state index in [0.29, 0.717) is 45.4 Å². The Balaban J connectivity index is 1.27. The van der Waals surface area contributed by atoms with Crippen molar-refractivity contribution in [3.63, 3.8) is 0 Å². The summed E-state index contributed by atoms with van der Waals surface area (Å²) in [5, 5.41) is 16.1. The number of amides is 1. The summed E-state index contributed by atoms with van der Waals surface area (Å²) in [4.78, 5) is 24.8. The van der Waals surface area contributed by atoms with Crippen LogP contribution in [0.15, 0.2) is 68.3 Å². The van der Waals surface area contributed by atoms with Gasteiger partial charge in [-0.05, 0) is 42.5 Å². The second-order valence-electron chi connectivity index (χ2n) is 7.77. The van der Waals surface area contributed by atoms with Gasteiger partial charge in [0.25, 0.3) is 5.91 Å². The molecule has 0 atom stereocenters. The van der Waals surface area contributed by atoms with Gasteiger partial charge >= 0.3 is 5.63 Å². The van der Waals surface area contributed by atoms with Gasteiger partial charge in [0.05, 0.1) is 26.3 Å². The number of nitrogens with one attached hydrogen (secondary N) is 1. The largest absolute Gasteiger partial charge is 0.497 e. The number of methoxy groups -OCH3 is 2. The van der Waals surface area contributed by atoms with Crippen LogP contribution in [0.1, 0.15) is 10.4 Å². The van der Waals surface area contributed by atoms with E-state index in [0.717, 1.165) is 4.47 Å². The zero-order valence-corrected chi connectivity index (χ0v) is 21.3. The van der Waals surface area contributed by atoms with E-state index in [1.54, 1.807) is 62.8 Å². The Morgan fingerprint density at radius 2 is 1.92 bits per heavy atom. The molecule has 0 saturated carbocycles. The van der Waals surface area contributed by atoms with Crippen molar-refractivity contribution in [2.45, 2.75) is 0 Å².